The van der Waals surface area contributed by atoms with E-state index in [0.29, 0.717) is 32.7 Å². The van der Waals surface area contributed by atoms with E-state index < -0.39 is 0 Å². The normalized spacial score (nSPS) is 12.8. The molecular formula is C26H37N3O3Si. The van der Waals surface area contributed by atoms with Crippen LogP contribution < -0.4 is 14.8 Å². The first-order valence-electron chi connectivity index (χ1n) is 11.3. The van der Waals surface area contributed by atoms with E-state index >= 15 is 0 Å². The third kappa shape index (κ3) is 6.96. The molecule has 1 N–H and O–H groups in total. The summed E-state index contributed by atoms with van der Waals surface area (Å²) in [6.07, 6.45) is 0.871. The molecule has 1 unspecified atom stereocenters. The highest BCUT2D eigenvalue weighted by molar-refractivity contribution is 6.31. The predicted molar refractivity (Wildman–Crippen MR) is 135 cm³/mol. The molecule has 33 heavy (non-hydrogen) atoms. The van der Waals surface area contributed by atoms with Crippen molar-refractivity contribution in [3.63, 3.8) is 0 Å². The Hall–Kier alpha value is -2.56. The van der Waals surface area contributed by atoms with Crippen molar-refractivity contribution in [3.8, 4) is 23.4 Å². The van der Waals surface area contributed by atoms with Crippen LogP contribution in [0.25, 0.3) is 0 Å². The average molecular weight is 468 g/mol. The van der Waals surface area contributed by atoms with Crippen LogP contribution in [0.15, 0.2) is 18.2 Å². The lowest BCUT2D eigenvalue weighted by Gasteiger charge is -2.37. The first-order valence-corrected chi connectivity index (χ1v) is 12.2. The van der Waals surface area contributed by atoms with Gasteiger partial charge in [-0.1, -0.05) is 27.7 Å². The summed E-state index contributed by atoms with van der Waals surface area (Å²) in [4.78, 5) is 4.61. The lowest BCUT2D eigenvalue weighted by molar-refractivity contribution is 0.0858. The van der Waals surface area contributed by atoms with E-state index in [1.165, 1.54) is 0 Å². The molecule has 0 fully saturated rings. The Morgan fingerprint density at radius 1 is 1.06 bits per heavy atom. The fourth-order valence-corrected chi connectivity index (χ4v) is 4.30. The van der Waals surface area contributed by atoms with Gasteiger partial charge in [-0.3, -0.25) is 0 Å². The molecule has 7 heteroatoms. The van der Waals surface area contributed by atoms with Gasteiger partial charge in [0.15, 0.2) is 0 Å². The smallest absolute Gasteiger partial charge is 0.265 e. The first kappa shape index (κ1) is 26.7. The molecule has 1 aromatic heterocycles. The number of anilines is 1. The van der Waals surface area contributed by atoms with Crippen LogP contribution in [0.3, 0.4) is 0 Å². The molecular weight excluding hydrogens is 430 g/mol. The van der Waals surface area contributed by atoms with Crippen molar-refractivity contribution in [3.05, 3.63) is 40.6 Å². The molecule has 0 saturated heterocycles. The summed E-state index contributed by atoms with van der Waals surface area (Å²) in [5.74, 6) is 1.61. The second-order valence-electron chi connectivity index (χ2n) is 9.97. The highest BCUT2D eigenvalue weighted by Crippen LogP contribution is 2.40. The summed E-state index contributed by atoms with van der Waals surface area (Å²) in [5, 5.41) is 13.0. The van der Waals surface area contributed by atoms with Crippen LogP contribution in [0.4, 0.5) is 5.69 Å². The van der Waals surface area contributed by atoms with Crippen molar-refractivity contribution in [2.45, 2.75) is 85.4 Å². The van der Waals surface area contributed by atoms with Gasteiger partial charge in [0.05, 0.1) is 36.1 Å². The maximum absolute atomic E-state index is 9.24. The van der Waals surface area contributed by atoms with Crippen LogP contribution in [0.2, 0.25) is 5.04 Å². The number of aromatic nitrogens is 1. The number of pyridine rings is 1. The van der Waals surface area contributed by atoms with Crippen molar-refractivity contribution in [1.82, 2.24) is 4.98 Å². The number of hydrogen-bond donors (Lipinski definition) is 1. The lowest BCUT2D eigenvalue weighted by atomic mass is 9.96. The van der Waals surface area contributed by atoms with Gasteiger partial charge in [0.1, 0.15) is 5.75 Å². The Labute approximate surface area is 201 Å². The summed E-state index contributed by atoms with van der Waals surface area (Å²) in [5.41, 5.74) is 3.58. The second-order valence-corrected chi connectivity index (χ2v) is 11.9. The number of nitrogens with zero attached hydrogens (tertiary/aromatic N) is 2. The number of benzene rings is 1. The third-order valence-corrected chi connectivity index (χ3v) is 6.50. The van der Waals surface area contributed by atoms with E-state index in [4.69, 9.17) is 13.9 Å². The van der Waals surface area contributed by atoms with Crippen molar-refractivity contribution in [2.24, 2.45) is 0 Å². The van der Waals surface area contributed by atoms with Crippen LogP contribution in [-0.2, 0) is 4.43 Å². The van der Waals surface area contributed by atoms with Crippen molar-refractivity contribution < 1.29 is 13.9 Å². The molecule has 2 rings (SSSR count). The van der Waals surface area contributed by atoms with Gasteiger partial charge in [-0.05, 0) is 75.4 Å². The van der Waals surface area contributed by atoms with Crippen LogP contribution >= 0.6 is 0 Å². The Morgan fingerprint density at radius 2 is 1.67 bits per heavy atom. The molecule has 0 bridgehead atoms. The highest BCUT2D eigenvalue weighted by Gasteiger charge is 2.32. The van der Waals surface area contributed by atoms with Gasteiger partial charge < -0.3 is 19.2 Å². The molecule has 0 aliphatic carbocycles. The molecule has 0 aliphatic rings. The zero-order chi connectivity index (χ0) is 25.0. The molecule has 178 valence electrons. The number of aryl methyl sites for hydroxylation is 3. The molecule has 6 nitrogen and oxygen atoms in total. The zero-order valence-corrected chi connectivity index (χ0v) is 22.6. The molecule has 0 amide bonds. The standard InChI is InChI=1S/C26H37N3O3Si/c1-11-21(26(8,9)32-33-25(5,6)7)29-20-14-18(4)28-24(23(20)30-10)31-22-16(2)12-19(15-27)13-17(22)3/h12-14,21H,11H2,1-10H3,(H,28,29). The Bertz CT molecular complexity index is 1000. The number of ether oxygens (including phenoxy) is 2. The Morgan fingerprint density at radius 3 is 2.15 bits per heavy atom. The van der Waals surface area contributed by atoms with Gasteiger partial charge in [0.2, 0.25) is 15.5 Å². The molecule has 2 radical (unpaired) electrons. The Kier molecular flexibility index (Phi) is 8.55. The SMILES string of the molecule is CCC(Nc1cc(C)nc(Oc2c(C)cc(C#N)cc2C)c1OC)C(C)(C)O[Si]C(C)(C)C. The fourth-order valence-electron chi connectivity index (χ4n) is 3.59. The monoisotopic (exact) mass is 467 g/mol. The molecule has 1 aromatic carbocycles. The number of methoxy groups -OCH3 is 1. The van der Waals surface area contributed by atoms with Crippen molar-refractivity contribution >= 4 is 15.5 Å². The summed E-state index contributed by atoms with van der Waals surface area (Å²) < 4.78 is 18.4. The van der Waals surface area contributed by atoms with Crippen molar-refractivity contribution in [2.75, 3.05) is 12.4 Å². The lowest BCUT2D eigenvalue weighted by Crippen LogP contribution is -2.45. The van der Waals surface area contributed by atoms with E-state index in [0.717, 1.165) is 28.9 Å². The first-order chi connectivity index (χ1) is 15.3. The van der Waals surface area contributed by atoms with Crippen LogP contribution in [0, 0.1) is 32.1 Å². The number of rotatable bonds is 9. The summed E-state index contributed by atoms with van der Waals surface area (Å²) in [6, 6.07) is 7.83. The summed E-state index contributed by atoms with van der Waals surface area (Å²) in [6.45, 7) is 18.7. The molecule has 2 aromatic rings. The largest absolute Gasteiger partial charge is 0.490 e. The van der Waals surface area contributed by atoms with Gasteiger partial charge in [-0.2, -0.15) is 5.26 Å². The van der Waals surface area contributed by atoms with Gasteiger partial charge in [0, 0.05) is 5.69 Å². The van der Waals surface area contributed by atoms with Gasteiger partial charge in [0.25, 0.3) is 5.88 Å². The fraction of sp³-hybridized carbons (Fsp3) is 0.538. The summed E-state index contributed by atoms with van der Waals surface area (Å²) >= 11 is 0. The molecule has 1 heterocycles. The molecule has 0 spiro atoms. The van der Waals surface area contributed by atoms with Gasteiger partial charge in [-0.15, -0.1) is 0 Å². The minimum absolute atomic E-state index is 0.0503. The van der Waals surface area contributed by atoms with Crippen LogP contribution in [0.1, 0.15) is 70.3 Å². The number of nitrogens with one attached hydrogen (secondary N) is 1. The second kappa shape index (κ2) is 10.6. The van der Waals surface area contributed by atoms with Crippen LogP contribution in [-0.4, -0.2) is 33.5 Å². The van der Waals surface area contributed by atoms with E-state index in [2.05, 4.69) is 57.9 Å². The van der Waals surface area contributed by atoms with E-state index in [9.17, 15) is 5.26 Å². The van der Waals surface area contributed by atoms with Crippen LogP contribution in [0.5, 0.6) is 17.4 Å². The summed E-state index contributed by atoms with van der Waals surface area (Å²) in [7, 11) is 2.01. The zero-order valence-electron chi connectivity index (χ0n) is 21.6. The average Bonchev–Trinajstić information content (AvgIpc) is 2.72. The number of nitriles is 1. The van der Waals surface area contributed by atoms with E-state index in [-0.39, 0.29) is 16.7 Å². The Balaban J connectivity index is 2.41. The topological polar surface area (TPSA) is 76.4 Å². The number of hydrogen-bond acceptors (Lipinski definition) is 6. The highest BCUT2D eigenvalue weighted by atomic mass is 28.2. The minimum Gasteiger partial charge on any atom is -0.490 e. The van der Waals surface area contributed by atoms with Gasteiger partial charge in [-0.25, -0.2) is 4.98 Å². The quantitative estimate of drug-likeness (QED) is 0.424. The molecule has 0 saturated carbocycles. The predicted octanol–water partition coefficient (Wildman–Crippen LogP) is 6.50. The van der Waals surface area contributed by atoms with E-state index in [1.807, 2.05) is 39.0 Å². The molecule has 1 atom stereocenters. The molecule has 0 aliphatic heterocycles. The third-order valence-electron chi connectivity index (χ3n) is 5.26. The maximum atomic E-state index is 9.24. The maximum Gasteiger partial charge on any atom is 0.265 e. The van der Waals surface area contributed by atoms with Gasteiger partial charge >= 0.3 is 0 Å². The van der Waals surface area contributed by atoms with E-state index in [1.54, 1.807) is 7.11 Å². The van der Waals surface area contributed by atoms with Crippen molar-refractivity contribution in [1.29, 1.82) is 5.26 Å². The minimum atomic E-state index is -0.385.